The molecule has 2 amide bonds. The molecule has 236 valence electrons. The maximum Gasteiger partial charge on any atom is 0.264 e. The maximum absolute atomic E-state index is 14.5. The van der Waals surface area contributed by atoms with Crippen molar-refractivity contribution in [3.05, 3.63) is 131 Å². The van der Waals surface area contributed by atoms with E-state index in [9.17, 15) is 22.4 Å². The average molecular weight is 650 g/mol. The van der Waals surface area contributed by atoms with Gasteiger partial charge < -0.3 is 10.2 Å². The third kappa shape index (κ3) is 8.71. The fourth-order valence-corrected chi connectivity index (χ4v) is 6.48. The number of anilines is 1. The standard InChI is InChI=1S/C35H37ClFN3O4S/c1-4-26(3)38-35(42)33(22-27-11-6-5-7-12-27)39(23-28-14-18-30(37)19-15-28)34(41)24-40(32-13-9-8-10-25(32)2)45(43,44)31-20-16-29(36)17-21-31/h5-21,26,33H,4,22-24H2,1-3H3,(H,38,42). The van der Waals surface area contributed by atoms with Crippen LogP contribution in [-0.4, -0.2) is 43.8 Å². The Morgan fingerprint density at radius 1 is 0.867 bits per heavy atom. The fraction of sp³-hybridized carbons (Fsp3) is 0.257. The summed E-state index contributed by atoms with van der Waals surface area (Å²) in [5.41, 5.74) is 2.37. The lowest BCUT2D eigenvalue weighted by molar-refractivity contribution is -0.140. The number of hydrogen-bond acceptors (Lipinski definition) is 4. The van der Waals surface area contributed by atoms with E-state index >= 15 is 0 Å². The first-order chi connectivity index (χ1) is 21.5. The van der Waals surface area contributed by atoms with Crippen molar-refractivity contribution in [2.24, 2.45) is 0 Å². The molecule has 0 aliphatic carbocycles. The van der Waals surface area contributed by atoms with Gasteiger partial charge in [0.1, 0.15) is 18.4 Å². The molecule has 2 unspecified atom stereocenters. The SMILES string of the molecule is CCC(C)NC(=O)C(Cc1ccccc1)N(Cc1ccc(F)cc1)C(=O)CN(c1ccccc1C)S(=O)(=O)c1ccc(Cl)cc1. The van der Waals surface area contributed by atoms with Crippen LogP contribution in [0.3, 0.4) is 0 Å². The van der Waals surface area contributed by atoms with E-state index in [2.05, 4.69) is 5.32 Å². The second-order valence-electron chi connectivity index (χ2n) is 10.9. The molecular formula is C35H37ClFN3O4S. The van der Waals surface area contributed by atoms with Gasteiger partial charge in [-0.3, -0.25) is 13.9 Å². The molecule has 1 N–H and O–H groups in total. The Labute approximate surface area is 269 Å². The highest BCUT2D eigenvalue weighted by molar-refractivity contribution is 7.92. The molecule has 0 heterocycles. The third-order valence-electron chi connectivity index (χ3n) is 7.60. The number of hydrogen-bond donors (Lipinski definition) is 1. The summed E-state index contributed by atoms with van der Waals surface area (Å²) in [5, 5.41) is 3.37. The van der Waals surface area contributed by atoms with Gasteiger partial charge >= 0.3 is 0 Å². The number of nitrogens with zero attached hydrogens (tertiary/aromatic N) is 2. The molecule has 0 saturated carbocycles. The van der Waals surface area contributed by atoms with Gasteiger partial charge in [0.2, 0.25) is 11.8 Å². The van der Waals surface area contributed by atoms with Crippen molar-refractivity contribution in [3.63, 3.8) is 0 Å². The van der Waals surface area contributed by atoms with Gasteiger partial charge in [-0.05, 0) is 79.4 Å². The van der Waals surface area contributed by atoms with Crippen molar-refractivity contribution < 1.29 is 22.4 Å². The van der Waals surface area contributed by atoms with Crippen LogP contribution >= 0.6 is 11.6 Å². The summed E-state index contributed by atoms with van der Waals surface area (Å²) in [4.78, 5) is 29.7. The van der Waals surface area contributed by atoms with Gasteiger partial charge in [-0.25, -0.2) is 12.8 Å². The molecule has 0 aromatic heterocycles. The smallest absolute Gasteiger partial charge is 0.264 e. The highest BCUT2D eigenvalue weighted by atomic mass is 35.5. The van der Waals surface area contributed by atoms with Gasteiger partial charge in [0.15, 0.2) is 0 Å². The molecule has 0 radical (unpaired) electrons. The van der Waals surface area contributed by atoms with Gasteiger partial charge in [0.05, 0.1) is 10.6 Å². The second-order valence-corrected chi connectivity index (χ2v) is 13.2. The van der Waals surface area contributed by atoms with Crippen LogP contribution in [0, 0.1) is 12.7 Å². The number of nitrogens with one attached hydrogen (secondary N) is 1. The van der Waals surface area contributed by atoms with Gasteiger partial charge in [0.25, 0.3) is 10.0 Å². The highest BCUT2D eigenvalue weighted by Gasteiger charge is 2.35. The molecule has 45 heavy (non-hydrogen) atoms. The fourth-order valence-electron chi connectivity index (χ4n) is 4.87. The molecule has 10 heteroatoms. The molecule has 7 nitrogen and oxygen atoms in total. The minimum absolute atomic E-state index is 0.0385. The number of halogens is 2. The summed E-state index contributed by atoms with van der Waals surface area (Å²) in [6.45, 7) is 4.95. The zero-order chi connectivity index (χ0) is 32.6. The van der Waals surface area contributed by atoms with Crippen LogP contribution in [0.5, 0.6) is 0 Å². The maximum atomic E-state index is 14.5. The summed E-state index contributed by atoms with van der Waals surface area (Å²) in [6.07, 6.45) is 0.862. The number of benzene rings is 4. The van der Waals surface area contributed by atoms with E-state index in [-0.39, 0.29) is 29.8 Å². The lowest BCUT2D eigenvalue weighted by Gasteiger charge is -2.34. The number of carbonyl (C=O) groups excluding carboxylic acids is 2. The molecule has 4 aromatic rings. The van der Waals surface area contributed by atoms with Crippen molar-refractivity contribution in [1.29, 1.82) is 0 Å². The largest absolute Gasteiger partial charge is 0.352 e. The Bertz CT molecular complexity index is 1700. The summed E-state index contributed by atoms with van der Waals surface area (Å²) in [5.74, 6) is -1.40. The lowest BCUT2D eigenvalue weighted by atomic mass is 10.0. The van der Waals surface area contributed by atoms with Gasteiger partial charge in [0, 0.05) is 24.0 Å². The highest BCUT2D eigenvalue weighted by Crippen LogP contribution is 2.28. The van der Waals surface area contributed by atoms with Gasteiger partial charge in [-0.1, -0.05) is 79.2 Å². The minimum atomic E-state index is -4.25. The Kier molecular flexibility index (Phi) is 11.4. The Morgan fingerprint density at radius 2 is 1.49 bits per heavy atom. The quantitative estimate of drug-likeness (QED) is 0.178. The third-order valence-corrected chi connectivity index (χ3v) is 9.63. The minimum Gasteiger partial charge on any atom is -0.352 e. The van der Waals surface area contributed by atoms with Crippen LogP contribution in [0.15, 0.2) is 108 Å². The Balaban J connectivity index is 1.81. The van der Waals surface area contributed by atoms with Crippen LogP contribution < -0.4 is 9.62 Å². The molecule has 2 atom stereocenters. The number of para-hydroxylation sites is 1. The summed E-state index contributed by atoms with van der Waals surface area (Å²) in [7, 11) is -4.25. The molecule has 4 rings (SSSR count). The second kappa shape index (κ2) is 15.2. The van der Waals surface area contributed by atoms with Crippen molar-refractivity contribution in [1.82, 2.24) is 10.2 Å². The van der Waals surface area contributed by atoms with E-state index in [0.717, 1.165) is 9.87 Å². The Morgan fingerprint density at radius 3 is 2.11 bits per heavy atom. The number of rotatable bonds is 13. The van der Waals surface area contributed by atoms with Crippen molar-refractivity contribution in [3.8, 4) is 0 Å². The van der Waals surface area contributed by atoms with Crippen LogP contribution in [-0.2, 0) is 32.6 Å². The normalized spacial score (nSPS) is 12.6. The average Bonchev–Trinajstić information content (AvgIpc) is 3.03. The summed E-state index contributed by atoms with van der Waals surface area (Å²) < 4.78 is 43.1. The summed E-state index contributed by atoms with van der Waals surface area (Å²) >= 11 is 6.04. The van der Waals surface area contributed by atoms with Gasteiger partial charge in [-0.15, -0.1) is 0 Å². The first kappa shape index (κ1) is 33.7. The van der Waals surface area contributed by atoms with Crippen LogP contribution in [0.1, 0.15) is 37.0 Å². The monoisotopic (exact) mass is 649 g/mol. The Hall–Kier alpha value is -4.21. The van der Waals surface area contributed by atoms with Gasteiger partial charge in [-0.2, -0.15) is 0 Å². The van der Waals surface area contributed by atoms with E-state index in [0.29, 0.717) is 28.3 Å². The molecule has 0 aliphatic heterocycles. The predicted octanol–water partition coefficient (Wildman–Crippen LogP) is 6.54. The van der Waals surface area contributed by atoms with Crippen molar-refractivity contribution in [2.75, 3.05) is 10.8 Å². The van der Waals surface area contributed by atoms with Crippen molar-refractivity contribution >= 4 is 39.1 Å². The number of carbonyl (C=O) groups is 2. The number of amides is 2. The zero-order valence-corrected chi connectivity index (χ0v) is 27.1. The zero-order valence-electron chi connectivity index (χ0n) is 25.5. The van der Waals surface area contributed by atoms with Crippen molar-refractivity contribution in [2.45, 2.75) is 57.1 Å². The lowest BCUT2D eigenvalue weighted by Crippen LogP contribution is -2.54. The van der Waals surface area contributed by atoms with E-state index < -0.39 is 34.3 Å². The van der Waals surface area contributed by atoms with E-state index in [4.69, 9.17) is 11.6 Å². The first-order valence-corrected chi connectivity index (χ1v) is 16.5. The van der Waals surface area contributed by atoms with Crippen LogP contribution in [0.4, 0.5) is 10.1 Å². The van der Waals surface area contributed by atoms with Crippen LogP contribution in [0.25, 0.3) is 0 Å². The molecule has 4 aromatic carbocycles. The summed E-state index contributed by atoms with van der Waals surface area (Å²) in [6, 6.07) is 26.4. The molecule has 0 saturated heterocycles. The first-order valence-electron chi connectivity index (χ1n) is 14.7. The molecule has 0 spiro atoms. The predicted molar refractivity (Wildman–Crippen MR) is 176 cm³/mol. The number of aryl methyl sites for hydroxylation is 1. The van der Waals surface area contributed by atoms with E-state index in [1.54, 1.807) is 43.3 Å². The van der Waals surface area contributed by atoms with E-state index in [1.807, 2.05) is 44.2 Å². The number of sulfonamides is 1. The molecule has 0 fully saturated rings. The molecule has 0 bridgehead atoms. The topological polar surface area (TPSA) is 86.8 Å². The van der Waals surface area contributed by atoms with Crippen LogP contribution in [0.2, 0.25) is 5.02 Å². The molecular weight excluding hydrogens is 613 g/mol. The molecule has 0 aliphatic rings. The van der Waals surface area contributed by atoms with E-state index in [1.165, 1.54) is 41.3 Å².